The second-order valence-corrected chi connectivity index (χ2v) is 2.82. The van der Waals surface area contributed by atoms with E-state index in [4.69, 9.17) is 0 Å². The van der Waals surface area contributed by atoms with Crippen molar-refractivity contribution in [2.45, 2.75) is 6.36 Å². The summed E-state index contributed by atoms with van der Waals surface area (Å²) in [4.78, 5) is 23.2. The molecule has 0 atom stereocenters. The van der Waals surface area contributed by atoms with Gasteiger partial charge in [-0.05, 0) is 0 Å². The molecule has 0 aliphatic rings. The Balaban J connectivity index is 3.44. The zero-order chi connectivity index (χ0) is 13.9. The molecular formula is C8H5F3N2O5. The third-order valence-corrected chi connectivity index (χ3v) is 1.75. The number of nitrogens with zero attached hydrogens (tertiary/aromatic N) is 2. The number of pyridine rings is 1. The molecule has 0 amide bonds. The van der Waals surface area contributed by atoms with Crippen molar-refractivity contribution in [2.75, 3.05) is 7.11 Å². The fraction of sp³-hybridized carbons (Fsp3) is 0.250. The van der Waals surface area contributed by atoms with Crippen molar-refractivity contribution < 1.29 is 32.4 Å². The van der Waals surface area contributed by atoms with Gasteiger partial charge in [0, 0.05) is 0 Å². The van der Waals surface area contributed by atoms with Gasteiger partial charge in [-0.2, -0.15) is 0 Å². The van der Waals surface area contributed by atoms with Gasteiger partial charge < -0.3 is 9.47 Å². The largest absolute Gasteiger partial charge is 0.574 e. The fourth-order valence-corrected chi connectivity index (χ4v) is 1.12. The highest BCUT2D eigenvalue weighted by Gasteiger charge is 2.37. The number of ether oxygens (including phenoxy) is 2. The smallest absolute Gasteiger partial charge is 0.494 e. The molecule has 1 heterocycles. The van der Waals surface area contributed by atoms with Crippen LogP contribution in [0.1, 0.15) is 10.4 Å². The van der Waals surface area contributed by atoms with Gasteiger partial charge in [-0.3, -0.25) is 14.9 Å². The maximum Gasteiger partial charge on any atom is 0.574 e. The van der Waals surface area contributed by atoms with E-state index in [9.17, 15) is 28.1 Å². The van der Waals surface area contributed by atoms with E-state index in [0.29, 0.717) is 0 Å². The molecule has 0 spiro atoms. The van der Waals surface area contributed by atoms with Gasteiger partial charge in [0.1, 0.15) is 5.56 Å². The lowest BCUT2D eigenvalue weighted by Crippen LogP contribution is -2.19. The van der Waals surface area contributed by atoms with Crippen LogP contribution in [-0.4, -0.2) is 29.7 Å². The average Bonchev–Trinajstić information content (AvgIpc) is 2.25. The van der Waals surface area contributed by atoms with Gasteiger partial charge in [-0.1, -0.05) is 0 Å². The van der Waals surface area contributed by atoms with Gasteiger partial charge in [-0.15, -0.1) is 13.2 Å². The fourth-order valence-electron chi connectivity index (χ4n) is 1.12. The molecule has 18 heavy (non-hydrogen) atoms. The molecule has 0 aliphatic heterocycles. The van der Waals surface area contributed by atoms with Gasteiger partial charge in [-0.25, -0.2) is 4.98 Å². The van der Waals surface area contributed by atoms with E-state index in [-0.39, 0.29) is 12.0 Å². The summed E-state index contributed by atoms with van der Waals surface area (Å²) in [5, 5.41) is 10.7. The molecule has 1 rings (SSSR count). The number of rotatable bonds is 4. The Morgan fingerprint density at radius 1 is 1.50 bits per heavy atom. The van der Waals surface area contributed by atoms with Crippen LogP contribution in [0.4, 0.5) is 18.9 Å². The summed E-state index contributed by atoms with van der Waals surface area (Å²) in [6.07, 6.45) is -4.45. The predicted molar refractivity (Wildman–Crippen MR) is 49.5 cm³/mol. The molecule has 0 aliphatic carbocycles. The van der Waals surface area contributed by atoms with Crippen molar-refractivity contribution in [3.63, 3.8) is 0 Å². The second kappa shape index (κ2) is 4.85. The molecule has 1 aromatic rings. The number of hydrogen-bond acceptors (Lipinski definition) is 6. The van der Waals surface area contributed by atoms with Crippen molar-refractivity contribution in [3.05, 3.63) is 21.9 Å². The highest BCUT2D eigenvalue weighted by atomic mass is 19.4. The van der Waals surface area contributed by atoms with Crippen molar-refractivity contribution in [2.24, 2.45) is 0 Å². The number of alkyl halides is 3. The monoisotopic (exact) mass is 266 g/mol. The van der Waals surface area contributed by atoms with Gasteiger partial charge in [0.2, 0.25) is 0 Å². The average molecular weight is 266 g/mol. The molecule has 0 fully saturated rings. The molecule has 0 bridgehead atoms. The lowest BCUT2D eigenvalue weighted by Gasteiger charge is -2.10. The second-order valence-electron chi connectivity index (χ2n) is 2.82. The number of methoxy groups -OCH3 is 1. The topological polar surface area (TPSA) is 91.6 Å². The highest BCUT2D eigenvalue weighted by molar-refractivity contribution is 5.86. The highest BCUT2D eigenvalue weighted by Crippen LogP contribution is 2.36. The van der Waals surface area contributed by atoms with Crippen molar-refractivity contribution in [3.8, 4) is 11.6 Å². The minimum atomic E-state index is -5.16. The summed E-state index contributed by atoms with van der Waals surface area (Å²) in [6.45, 7) is 0. The molecule has 0 N–H and O–H groups in total. The number of aromatic nitrogens is 1. The Morgan fingerprint density at radius 2 is 2.11 bits per heavy atom. The summed E-state index contributed by atoms with van der Waals surface area (Å²) in [7, 11) is 1.08. The first kappa shape index (κ1) is 13.7. The van der Waals surface area contributed by atoms with E-state index in [1.807, 2.05) is 0 Å². The van der Waals surface area contributed by atoms with E-state index in [1.54, 1.807) is 0 Å². The van der Waals surface area contributed by atoms with Crippen LogP contribution >= 0.6 is 0 Å². The number of carbonyl (C=O) groups is 1. The lowest BCUT2D eigenvalue weighted by molar-refractivity contribution is -0.389. The molecule has 0 unspecified atom stereocenters. The van der Waals surface area contributed by atoms with Crippen LogP contribution in [0.25, 0.3) is 0 Å². The van der Waals surface area contributed by atoms with Crippen LogP contribution in [0.2, 0.25) is 0 Å². The summed E-state index contributed by atoms with van der Waals surface area (Å²) in [5.74, 6) is -1.65. The molecule has 0 aromatic carbocycles. The first-order chi connectivity index (χ1) is 8.30. The van der Waals surface area contributed by atoms with E-state index < -0.39 is 28.4 Å². The molecule has 1 aromatic heterocycles. The summed E-state index contributed by atoms with van der Waals surface area (Å²) in [5.41, 5.74) is -1.89. The van der Waals surface area contributed by atoms with E-state index in [0.717, 1.165) is 13.3 Å². The van der Waals surface area contributed by atoms with Gasteiger partial charge in [0.05, 0.1) is 18.2 Å². The van der Waals surface area contributed by atoms with E-state index in [1.165, 1.54) is 0 Å². The summed E-state index contributed by atoms with van der Waals surface area (Å²) < 4.78 is 43.9. The Morgan fingerprint density at radius 3 is 2.50 bits per heavy atom. The van der Waals surface area contributed by atoms with Crippen molar-refractivity contribution >= 4 is 12.0 Å². The molecule has 98 valence electrons. The predicted octanol–water partition coefficient (Wildman–Crippen LogP) is 1.71. The quantitative estimate of drug-likeness (QED) is 0.468. The van der Waals surface area contributed by atoms with Gasteiger partial charge in [0.25, 0.3) is 0 Å². The minimum Gasteiger partial charge on any atom is -0.494 e. The first-order valence-electron chi connectivity index (χ1n) is 4.22. The molecule has 0 saturated carbocycles. The maximum atomic E-state index is 12.0. The van der Waals surface area contributed by atoms with Crippen LogP contribution in [0.3, 0.4) is 0 Å². The van der Waals surface area contributed by atoms with Gasteiger partial charge >= 0.3 is 17.9 Å². The molecule has 0 radical (unpaired) electrons. The molecule has 7 nitrogen and oxygen atoms in total. The normalized spacial score (nSPS) is 10.9. The Kier molecular flexibility index (Phi) is 3.69. The molecule has 10 heteroatoms. The Hall–Kier alpha value is -2.39. The molecular weight excluding hydrogens is 261 g/mol. The van der Waals surface area contributed by atoms with Crippen molar-refractivity contribution in [1.29, 1.82) is 0 Å². The van der Waals surface area contributed by atoms with Crippen LogP contribution in [0.15, 0.2) is 6.20 Å². The molecule has 0 saturated heterocycles. The van der Waals surface area contributed by atoms with Crippen LogP contribution in [-0.2, 0) is 0 Å². The standard InChI is InChI=1S/C8H5F3N2O5/c1-17-5-2-12-7(18-8(9,10)11)6(13(15)16)4(5)3-14/h2-3H,1H3. The van der Waals surface area contributed by atoms with E-state index >= 15 is 0 Å². The first-order valence-corrected chi connectivity index (χ1v) is 4.22. The zero-order valence-electron chi connectivity index (χ0n) is 8.72. The third-order valence-electron chi connectivity index (χ3n) is 1.75. The van der Waals surface area contributed by atoms with Crippen molar-refractivity contribution in [1.82, 2.24) is 4.98 Å². The van der Waals surface area contributed by atoms with Crippen LogP contribution < -0.4 is 9.47 Å². The maximum absolute atomic E-state index is 12.0. The number of nitro groups is 1. The lowest BCUT2D eigenvalue weighted by atomic mass is 10.2. The number of aldehydes is 1. The summed E-state index contributed by atoms with van der Waals surface area (Å²) >= 11 is 0. The summed E-state index contributed by atoms with van der Waals surface area (Å²) in [6, 6.07) is 0. The number of halogens is 3. The zero-order valence-corrected chi connectivity index (χ0v) is 8.72. The number of hydrogen-bond donors (Lipinski definition) is 0. The Bertz CT molecular complexity index is 488. The number of carbonyl (C=O) groups excluding carboxylic acids is 1. The van der Waals surface area contributed by atoms with Crippen LogP contribution in [0.5, 0.6) is 11.6 Å². The van der Waals surface area contributed by atoms with Crippen LogP contribution in [0, 0.1) is 10.1 Å². The van der Waals surface area contributed by atoms with E-state index in [2.05, 4.69) is 14.5 Å². The SMILES string of the molecule is COc1cnc(OC(F)(F)F)c([N+](=O)[O-])c1C=O. The van der Waals surface area contributed by atoms with Gasteiger partial charge in [0.15, 0.2) is 12.0 Å². The third kappa shape index (κ3) is 2.84. The Labute approximate surface area is 97.3 Å². The minimum absolute atomic E-state index is 0.0120.